The van der Waals surface area contributed by atoms with Gasteiger partial charge >= 0.3 is 0 Å². The highest BCUT2D eigenvalue weighted by molar-refractivity contribution is 5.71. The van der Waals surface area contributed by atoms with Crippen LogP contribution in [-0.2, 0) is 0 Å². The van der Waals surface area contributed by atoms with Gasteiger partial charge in [-0.25, -0.2) is 0 Å². The van der Waals surface area contributed by atoms with E-state index in [9.17, 15) is 0 Å². The summed E-state index contributed by atoms with van der Waals surface area (Å²) in [6.07, 6.45) is 0. The molecule has 0 aliphatic heterocycles. The lowest BCUT2D eigenvalue weighted by Crippen LogP contribution is -1.96. The van der Waals surface area contributed by atoms with Crippen molar-refractivity contribution in [3.63, 3.8) is 0 Å². The van der Waals surface area contributed by atoms with Crippen molar-refractivity contribution < 1.29 is 5.48 Å². The number of benzene rings is 2. The van der Waals surface area contributed by atoms with Crippen molar-refractivity contribution in [1.29, 1.82) is 0 Å². The van der Waals surface area contributed by atoms with E-state index in [4.69, 9.17) is 5.48 Å². The van der Waals surface area contributed by atoms with E-state index in [-0.39, 0.29) is 5.56 Å². The minimum atomic E-state index is -2.21. The van der Waals surface area contributed by atoms with E-state index in [1.165, 1.54) is 0 Å². The van der Waals surface area contributed by atoms with Crippen LogP contribution in [0.4, 0.5) is 0 Å². The predicted molar refractivity (Wildman–Crippen MR) is 80.2 cm³/mol. The number of hydrogen-bond acceptors (Lipinski definition) is 0. The Bertz CT molecular complexity index is 691. The highest BCUT2D eigenvalue weighted by Gasteiger charge is 2.10. The Hall–Kier alpha value is -1.56. The Labute approximate surface area is 116 Å². The molecule has 0 aromatic heterocycles. The number of hydrogen-bond donors (Lipinski definition) is 0. The molecule has 2 aromatic rings. The second kappa shape index (κ2) is 4.97. The lowest BCUT2D eigenvalue weighted by Gasteiger charge is -2.16. The van der Waals surface area contributed by atoms with Crippen molar-refractivity contribution in [3.05, 3.63) is 58.7 Å². The van der Waals surface area contributed by atoms with Crippen LogP contribution in [0.25, 0.3) is 11.1 Å². The first-order chi connectivity index (χ1) is 10.0. The quantitative estimate of drug-likeness (QED) is 0.661. The lowest BCUT2D eigenvalue weighted by molar-refractivity contribution is 0.856. The van der Waals surface area contributed by atoms with E-state index in [0.717, 1.165) is 22.3 Å². The van der Waals surface area contributed by atoms with Crippen molar-refractivity contribution in [2.24, 2.45) is 0 Å². The standard InChI is InChI=1S/C18H22/c1-12(2)17-11-18(15(5)10-14(17)4)16-9-7-6-8-13(16)3/h6-12H,1-5H3/i4D3,12D. The number of rotatable bonds is 2. The summed E-state index contributed by atoms with van der Waals surface area (Å²) in [6.45, 7) is 5.22. The Morgan fingerprint density at radius 1 is 0.944 bits per heavy atom. The third kappa shape index (κ3) is 2.33. The zero-order valence-corrected chi connectivity index (χ0v) is 11.5. The molecule has 18 heavy (non-hydrogen) atoms. The molecule has 0 aliphatic rings. The first-order valence-corrected chi connectivity index (χ1v) is 6.23. The minimum absolute atomic E-state index is 0.280. The maximum Gasteiger partial charge on any atom is 0.0347 e. The summed E-state index contributed by atoms with van der Waals surface area (Å²) in [5.74, 6) is -0.963. The first kappa shape index (κ1) is 8.53. The molecule has 2 aromatic carbocycles. The molecule has 94 valence electrons. The average Bonchev–Trinajstić information content (AvgIpc) is 2.37. The van der Waals surface area contributed by atoms with E-state index < -0.39 is 12.7 Å². The summed E-state index contributed by atoms with van der Waals surface area (Å²) in [5.41, 5.74) is 5.00. The van der Waals surface area contributed by atoms with E-state index in [1.807, 2.05) is 44.2 Å². The maximum absolute atomic E-state index is 8.33. The van der Waals surface area contributed by atoms with Gasteiger partial charge in [-0.1, -0.05) is 50.2 Å². The van der Waals surface area contributed by atoms with Gasteiger partial charge in [-0.2, -0.15) is 0 Å². The molecular formula is C18H22. The van der Waals surface area contributed by atoms with Crippen LogP contribution in [0, 0.1) is 20.7 Å². The molecule has 0 bridgehead atoms. The molecule has 0 nitrogen and oxygen atoms in total. The van der Waals surface area contributed by atoms with Gasteiger partial charge in [0.1, 0.15) is 0 Å². The molecule has 0 spiro atoms. The van der Waals surface area contributed by atoms with Crippen molar-refractivity contribution in [2.45, 2.75) is 40.4 Å². The molecular weight excluding hydrogens is 216 g/mol. The molecule has 2 rings (SSSR count). The van der Waals surface area contributed by atoms with Crippen molar-refractivity contribution in [3.8, 4) is 11.1 Å². The average molecular weight is 242 g/mol. The fourth-order valence-corrected chi connectivity index (χ4v) is 2.29. The molecule has 0 aliphatic carbocycles. The third-order valence-corrected chi connectivity index (χ3v) is 3.34. The second-order valence-electron chi connectivity index (χ2n) is 5.03. The topological polar surface area (TPSA) is 0 Å². The maximum atomic E-state index is 8.33. The van der Waals surface area contributed by atoms with E-state index >= 15 is 0 Å². The van der Waals surface area contributed by atoms with Crippen LogP contribution in [-0.4, -0.2) is 0 Å². The zero-order valence-electron chi connectivity index (χ0n) is 15.5. The Balaban J connectivity index is 2.77. The van der Waals surface area contributed by atoms with Gasteiger partial charge in [0.25, 0.3) is 0 Å². The van der Waals surface area contributed by atoms with Crippen LogP contribution in [0.1, 0.15) is 47.5 Å². The molecule has 0 heterocycles. The van der Waals surface area contributed by atoms with Gasteiger partial charge in [0.2, 0.25) is 0 Å². The fraction of sp³-hybridized carbons (Fsp3) is 0.333. The summed E-state index contributed by atoms with van der Waals surface area (Å²) in [4.78, 5) is 0. The molecule has 0 saturated heterocycles. The van der Waals surface area contributed by atoms with Crippen LogP contribution >= 0.6 is 0 Å². The summed E-state index contributed by atoms with van der Waals surface area (Å²) in [6, 6.07) is 11.6. The molecule has 0 unspecified atom stereocenters. The van der Waals surface area contributed by atoms with Crippen molar-refractivity contribution in [1.82, 2.24) is 0 Å². The first-order valence-electron chi connectivity index (χ1n) is 8.23. The molecule has 0 N–H and O–H groups in total. The highest BCUT2D eigenvalue weighted by Crippen LogP contribution is 2.31. The van der Waals surface area contributed by atoms with E-state index in [1.54, 1.807) is 19.9 Å². The summed E-state index contributed by atoms with van der Waals surface area (Å²) in [5, 5.41) is 0. The van der Waals surface area contributed by atoms with Gasteiger partial charge in [0, 0.05) is 5.48 Å². The smallest absolute Gasteiger partial charge is 0.0347 e. The Kier molecular flexibility index (Phi) is 2.36. The molecule has 0 atom stereocenters. The summed E-state index contributed by atoms with van der Waals surface area (Å²) >= 11 is 0. The SMILES string of the molecule is [2H]C([2H])([2H])c1cc(C)c(-c2ccccc2C)cc1C([2H])(C)C. The van der Waals surface area contributed by atoms with Crippen LogP contribution in [0.3, 0.4) is 0 Å². The monoisotopic (exact) mass is 242 g/mol. The fourth-order valence-electron chi connectivity index (χ4n) is 2.29. The summed E-state index contributed by atoms with van der Waals surface area (Å²) in [7, 11) is 0. The van der Waals surface area contributed by atoms with Crippen molar-refractivity contribution in [2.75, 3.05) is 0 Å². The predicted octanol–water partition coefficient (Wildman–Crippen LogP) is 5.40. The molecule has 0 saturated carbocycles. The van der Waals surface area contributed by atoms with Gasteiger partial charge in [-0.15, -0.1) is 0 Å². The van der Waals surface area contributed by atoms with Gasteiger partial charge in [0.15, 0.2) is 0 Å². The van der Waals surface area contributed by atoms with E-state index in [2.05, 4.69) is 0 Å². The molecule has 0 amide bonds. The van der Waals surface area contributed by atoms with Crippen LogP contribution in [0.15, 0.2) is 36.4 Å². The van der Waals surface area contributed by atoms with Gasteiger partial charge in [-0.05, 0) is 60.0 Å². The van der Waals surface area contributed by atoms with Crippen LogP contribution in [0.2, 0.25) is 0 Å². The van der Waals surface area contributed by atoms with Gasteiger partial charge in [0.05, 0.1) is 0 Å². The minimum Gasteiger partial charge on any atom is -0.0620 e. The van der Waals surface area contributed by atoms with E-state index in [0.29, 0.717) is 5.56 Å². The van der Waals surface area contributed by atoms with Gasteiger partial charge in [-0.3, -0.25) is 0 Å². The molecule has 0 radical (unpaired) electrons. The molecule has 0 fully saturated rings. The molecule has 0 heteroatoms. The van der Waals surface area contributed by atoms with Crippen molar-refractivity contribution >= 4 is 0 Å². The van der Waals surface area contributed by atoms with Gasteiger partial charge < -0.3 is 0 Å². The highest BCUT2D eigenvalue weighted by atomic mass is 14.1. The second-order valence-corrected chi connectivity index (χ2v) is 5.03. The zero-order chi connectivity index (χ0) is 16.7. The largest absolute Gasteiger partial charge is 0.0620 e. The van der Waals surface area contributed by atoms with Crippen LogP contribution in [0.5, 0.6) is 0 Å². The lowest BCUT2D eigenvalue weighted by atomic mass is 9.89. The number of aryl methyl sites for hydroxylation is 3. The van der Waals surface area contributed by atoms with Crippen LogP contribution < -0.4 is 0 Å². The third-order valence-electron chi connectivity index (χ3n) is 3.34. The normalized spacial score (nSPS) is 15.6. The Morgan fingerprint density at radius 2 is 1.67 bits per heavy atom. The summed E-state index contributed by atoms with van der Waals surface area (Å²) < 4.78 is 31.6. The Morgan fingerprint density at radius 3 is 2.28 bits per heavy atom.